The number of hydrogen-bond acceptors (Lipinski definition) is 5. The summed E-state index contributed by atoms with van der Waals surface area (Å²) in [5.41, 5.74) is 1.70. The van der Waals surface area contributed by atoms with Crippen LogP contribution in [0.25, 0.3) is 21.9 Å². The standard InChI is InChI=1S/C29H25ClN4O3S/c30-23-17-9-7-15-21(23)28(35)31-26-25-22-16-8-10-18-24(22)34(19-11-3-1-4-12-19)27(25)33-29(32-26)38(36,37)20-13-5-2-6-14-20/h2,5-10,13-19H,1,3-4,11-12H2,(H,31,32,33,35). The molecule has 0 aliphatic heterocycles. The topological polar surface area (TPSA) is 93.9 Å². The average Bonchev–Trinajstić information content (AvgIpc) is 3.29. The van der Waals surface area contributed by atoms with Gasteiger partial charge < -0.3 is 9.88 Å². The fourth-order valence-electron chi connectivity index (χ4n) is 5.31. The highest BCUT2D eigenvalue weighted by Gasteiger charge is 2.29. The summed E-state index contributed by atoms with van der Waals surface area (Å²) in [4.78, 5) is 22.6. The van der Waals surface area contributed by atoms with Crippen LogP contribution in [0.2, 0.25) is 5.02 Å². The number of sulfone groups is 1. The van der Waals surface area contributed by atoms with E-state index in [0.717, 1.165) is 36.6 Å². The molecular formula is C29H25ClN4O3S. The molecule has 1 aliphatic carbocycles. The van der Waals surface area contributed by atoms with Crippen molar-refractivity contribution in [3.63, 3.8) is 0 Å². The number of nitrogens with one attached hydrogen (secondary N) is 1. The van der Waals surface area contributed by atoms with Crippen LogP contribution in [-0.4, -0.2) is 28.9 Å². The maximum absolute atomic E-state index is 13.7. The molecule has 1 amide bonds. The minimum absolute atomic E-state index is 0.0862. The van der Waals surface area contributed by atoms with E-state index < -0.39 is 15.7 Å². The van der Waals surface area contributed by atoms with Crippen molar-refractivity contribution < 1.29 is 13.2 Å². The maximum atomic E-state index is 13.7. The second-order valence-corrected chi connectivity index (χ2v) is 11.7. The van der Waals surface area contributed by atoms with Crippen molar-refractivity contribution in [1.29, 1.82) is 0 Å². The second-order valence-electron chi connectivity index (χ2n) is 9.48. The first-order valence-electron chi connectivity index (χ1n) is 12.6. The van der Waals surface area contributed by atoms with Gasteiger partial charge in [0.2, 0.25) is 9.84 Å². The molecular weight excluding hydrogens is 520 g/mol. The van der Waals surface area contributed by atoms with Crippen LogP contribution in [0.15, 0.2) is 88.9 Å². The van der Waals surface area contributed by atoms with Gasteiger partial charge >= 0.3 is 0 Å². The van der Waals surface area contributed by atoms with Crippen molar-refractivity contribution in [3.8, 4) is 0 Å². The third kappa shape index (κ3) is 4.23. The molecule has 0 unspecified atom stereocenters. The highest BCUT2D eigenvalue weighted by Crippen LogP contribution is 2.40. The minimum atomic E-state index is -4.06. The van der Waals surface area contributed by atoms with E-state index in [2.05, 4.69) is 19.9 Å². The van der Waals surface area contributed by atoms with Gasteiger partial charge in [0.1, 0.15) is 11.5 Å². The number of rotatable bonds is 5. The monoisotopic (exact) mass is 544 g/mol. The average molecular weight is 545 g/mol. The van der Waals surface area contributed by atoms with E-state index >= 15 is 0 Å². The van der Waals surface area contributed by atoms with Crippen LogP contribution in [-0.2, 0) is 9.84 Å². The van der Waals surface area contributed by atoms with Crippen LogP contribution in [0.1, 0.15) is 48.5 Å². The number of carbonyl (C=O) groups excluding carboxylic acids is 1. The Balaban J connectivity index is 1.63. The summed E-state index contributed by atoms with van der Waals surface area (Å²) in [7, 11) is -4.06. The van der Waals surface area contributed by atoms with Crippen molar-refractivity contribution >= 4 is 55.1 Å². The van der Waals surface area contributed by atoms with Crippen LogP contribution >= 0.6 is 11.6 Å². The fraction of sp³-hybridized carbons (Fsp3) is 0.207. The first kappa shape index (κ1) is 24.6. The molecule has 7 nitrogen and oxygen atoms in total. The number of anilines is 1. The lowest BCUT2D eigenvalue weighted by Crippen LogP contribution is -2.18. The number of nitrogens with zero attached hydrogens (tertiary/aromatic N) is 3. The largest absolute Gasteiger partial charge is 0.322 e. The van der Waals surface area contributed by atoms with Gasteiger partial charge in [0.25, 0.3) is 11.1 Å². The number of halogens is 1. The predicted octanol–water partition coefficient (Wildman–Crippen LogP) is 6.83. The third-order valence-electron chi connectivity index (χ3n) is 7.11. The van der Waals surface area contributed by atoms with E-state index in [1.807, 2.05) is 24.3 Å². The molecule has 2 aromatic heterocycles. The summed E-state index contributed by atoms with van der Waals surface area (Å²) in [5, 5.41) is 4.26. The predicted molar refractivity (Wildman–Crippen MR) is 148 cm³/mol. The van der Waals surface area contributed by atoms with E-state index in [-0.39, 0.29) is 32.5 Å². The van der Waals surface area contributed by atoms with Crippen molar-refractivity contribution in [3.05, 3.63) is 89.4 Å². The van der Waals surface area contributed by atoms with Crippen molar-refractivity contribution in [2.24, 2.45) is 0 Å². The lowest BCUT2D eigenvalue weighted by atomic mass is 9.95. The number of aromatic nitrogens is 3. The maximum Gasteiger partial charge on any atom is 0.258 e. The first-order chi connectivity index (χ1) is 18.4. The molecule has 5 aromatic rings. The molecule has 0 saturated heterocycles. The molecule has 1 saturated carbocycles. The smallest absolute Gasteiger partial charge is 0.258 e. The fourth-order valence-corrected chi connectivity index (χ4v) is 6.67. The normalized spacial score (nSPS) is 14.7. The Morgan fingerprint density at radius 1 is 0.868 bits per heavy atom. The van der Waals surface area contributed by atoms with Crippen LogP contribution in [0.5, 0.6) is 0 Å². The van der Waals surface area contributed by atoms with Gasteiger partial charge in [-0.3, -0.25) is 4.79 Å². The van der Waals surface area contributed by atoms with E-state index in [1.54, 1.807) is 42.5 Å². The van der Waals surface area contributed by atoms with Crippen molar-refractivity contribution in [2.45, 2.75) is 48.2 Å². The van der Waals surface area contributed by atoms with Gasteiger partial charge in [0.05, 0.1) is 26.4 Å². The van der Waals surface area contributed by atoms with E-state index in [4.69, 9.17) is 11.6 Å². The zero-order valence-corrected chi connectivity index (χ0v) is 22.0. The Labute approximate surface area is 225 Å². The highest BCUT2D eigenvalue weighted by molar-refractivity contribution is 7.91. The second kappa shape index (κ2) is 9.85. The Morgan fingerprint density at radius 3 is 2.32 bits per heavy atom. The van der Waals surface area contributed by atoms with Gasteiger partial charge in [-0.1, -0.05) is 79.4 Å². The van der Waals surface area contributed by atoms with Crippen LogP contribution in [0.3, 0.4) is 0 Å². The molecule has 1 fully saturated rings. The molecule has 6 rings (SSSR count). The van der Waals surface area contributed by atoms with Crippen molar-refractivity contribution in [1.82, 2.24) is 14.5 Å². The highest BCUT2D eigenvalue weighted by atomic mass is 35.5. The first-order valence-corrected chi connectivity index (χ1v) is 14.5. The number of benzene rings is 3. The van der Waals surface area contributed by atoms with Gasteiger partial charge in [-0.15, -0.1) is 0 Å². The molecule has 2 heterocycles. The Bertz CT molecular complexity index is 1780. The number of para-hydroxylation sites is 1. The number of hydrogen-bond donors (Lipinski definition) is 1. The lowest BCUT2D eigenvalue weighted by Gasteiger charge is -2.25. The van der Waals surface area contributed by atoms with Gasteiger partial charge in [-0.25, -0.2) is 8.42 Å². The quantitative estimate of drug-likeness (QED) is 0.245. The summed E-state index contributed by atoms with van der Waals surface area (Å²) in [6.45, 7) is 0. The molecule has 192 valence electrons. The molecule has 1 N–H and O–H groups in total. The molecule has 0 spiro atoms. The Kier molecular flexibility index (Phi) is 6.37. The van der Waals surface area contributed by atoms with E-state index in [1.165, 1.54) is 18.6 Å². The molecule has 3 aromatic carbocycles. The zero-order valence-electron chi connectivity index (χ0n) is 20.5. The summed E-state index contributed by atoms with van der Waals surface area (Å²) < 4.78 is 29.5. The minimum Gasteiger partial charge on any atom is -0.322 e. The third-order valence-corrected chi connectivity index (χ3v) is 9.00. The molecule has 0 atom stereocenters. The van der Waals surface area contributed by atoms with Gasteiger partial charge in [0, 0.05) is 11.4 Å². The van der Waals surface area contributed by atoms with Crippen LogP contribution < -0.4 is 5.32 Å². The number of amides is 1. The van der Waals surface area contributed by atoms with E-state index in [9.17, 15) is 13.2 Å². The molecule has 9 heteroatoms. The van der Waals surface area contributed by atoms with Crippen LogP contribution in [0, 0.1) is 0 Å². The Hall–Kier alpha value is -3.75. The van der Waals surface area contributed by atoms with Crippen molar-refractivity contribution in [2.75, 3.05) is 5.32 Å². The molecule has 38 heavy (non-hydrogen) atoms. The summed E-state index contributed by atoms with van der Waals surface area (Å²) in [6, 6.07) is 22.8. The van der Waals surface area contributed by atoms with Crippen LogP contribution in [0.4, 0.5) is 5.82 Å². The van der Waals surface area contributed by atoms with Gasteiger partial charge in [-0.2, -0.15) is 9.97 Å². The Morgan fingerprint density at radius 2 is 1.55 bits per heavy atom. The van der Waals surface area contributed by atoms with Gasteiger partial charge in [0.15, 0.2) is 0 Å². The molecule has 0 bridgehead atoms. The molecule has 1 aliphatic rings. The summed E-state index contributed by atoms with van der Waals surface area (Å²) in [6.07, 6.45) is 5.30. The number of carbonyl (C=O) groups is 1. The SMILES string of the molecule is O=C(Nc1nc(S(=O)(=O)c2ccccc2)nc2c1c1ccccc1n2C1CCCCC1)c1ccccc1Cl. The zero-order chi connectivity index (χ0) is 26.3. The van der Waals surface area contributed by atoms with Gasteiger partial charge in [-0.05, 0) is 43.2 Å². The van der Waals surface area contributed by atoms with E-state index in [0.29, 0.717) is 11.0 Å². The lowest BCUT2D eigenvalue weighted by molar-refractivity contribution is 0.102. The number of fused-ring (bicyclic) bond motifs is 3. The summed E-state index contributed by atoms with van der Waals surface area (Å²) in [5.74, 6) is -0.339. The molecule has 0 radical (unpaired) electrons. The summed E-state index contributed by atoms with van der Waals surface area (Å²) >= 11 is 6.29.